The Morgan fingerprint density at radius 3 is 2.90 bits per heavy atom. The molecular formula is C14H16N4O2. The first-order valence-corrected chi connectivity index (χ1v) is 6.58. The minimum atomic E-state index is -0.329. The molecule has 1 saturated carbocycles. The Labute approximate surface area is 115 Å². The van der Waals surface area contributed by atoms with E-state index >= 15 is 0 Å². The number of rotatable bonds is 3. The van der Waals surface area contributed by atoms with Crippen molar-refractivity contribution in [1.29, 1.82) is 0 Å². The van der Waals surface area contributed by atoms with Gasteiger partial charge in [0.2, 0.25) is 0 Å². The first kappa shape index (κ1) is 12.7. The van der Waals surface area contributed by atoms with Crippen LogP contribution in [0.1, 0.15) is 35.3 Å². The van der Waals surface area contributed by atoms with Crippen molar-refractivity contribution in [2.75, 3.05) is 5.32 Å². The molecule has 6 nitrogen and oxygen atoms in total. The van der Waals surface area contributed by atoms with E-state index in [-0.39, 0.29) is 11.5 Å². The predicted molar refractivity (Wildman–Crippen MR) is 74.7 cm³/mol. The molecule has 2 aromatic rings. The lowest BCUT2D eigenvalue weighted by molar-refractivity contribution is 0.102. The van der Waals surface area contributed by atoms with Gasteiger partial charge >= 0.3 is 0 Å². The average Bonchev–Trinajstić information content (AvgIpc) is 2.96. The molecule has 104 valence electrons. The molecular weight excluding hydrogens is 256 g/mol. The second kappa shape index (κ2) is 4.63. The highest BCUT2D eigenvalue weighted by molar-refractivity contribution is 6.03. The first-order chi connectivity index (χ1) is 9.54. The number of anilines is 1. The molecule has 0 saturated heterocycles. The number of aryl methyl sites for hydroxylation is 1. The van der Waals surface area contributed by atoms with Crippen LogP contribution < -0.4 is 10.9 Å². The standard InChI is InChI=1S/C14H16N4O2/c1-8-5-10(8)11-7-12(17-16-11)15-14(20)9-3-4-18(2)13(19)6-9/h3-4,6-8,10H,5H2,1-2H3,(H2,15,16,17,20)/t8-,10+/m1/s1. The summed E-state index contributed by atoms with van der Waals surface area (Å²) in [7, 11) is 1.64. The number of aromatic amines is 1. The normalized spacial score (nSPS) is 20.7. The largest absolute Gasteiger partial charge is 0.319 e. The Kier molecular flexibility index (Phi) is 2.93. The molecule has 20 heavy (non-hydrogen) atoms. The van der Waals surface area contributed by atoms with Crippen LogP contribution in [0.2, 0.25) is 0 Å². The van der Waals surface area contributed by atoms with Crippen LogP contribution in [0.3, 0.4) is 0 Å². The molecule has 0 spiro atoms. The monoisotopic (exact) mass is 272 g/mol. The van der Waals surface area contributed by atoms with Gasteiger partial charge in [0.05, 0.1) is 0 Å². The van der Waals surface area contributed by atoms with Crippen molar-refractivity contribution in [2.45, 2.75) is 19.3 Å². The maximum atomic E-state index is 12.0. The van der Waals surface area contributed by atoms with Crippen molar-refractivity contribution < 1.29 is 4.79 Å². The molecule has 0 radical (unpaired) electrons. The zero-order valence-electron chi connectivity index (χ0n) is 11.4. The van der Waals surface area contributed by atoms with Crippen LogP contribution in [-0.2, 0) is 7.05 Å². The fourth-order valence-corrected chi connectivity index (χ4v) is 2.22. The summed E-state index contributed by atoms with van der Waals surface area (Å²) < 4.78 is 1.41. The number of carbonyl (C=O) groups is 1. The second-order valence-electron chi connectivity index (χ2n) is 5.35. The molecule has 0 bridgehead atoms. The quantitative estimate of drug-likeness (QED) is 0.888. The predicted octanol–water partition coefficient (Wildman–Crippen LogP) is 1.48. The summed E-state index contributed by atoms with van der Waals surface area (Å²) in [4.78, 5) is 23.5. The summed E-state index contributed by atoms with van der Waals surface area (Å²) in [6, 6.07) is 4.77. The van der Waals surface area contributed by atoms with Gasteiger partial charge in [0, 0.05) is 42.6 Å². The Bertz CT molecular complexity index is 716. The number of hydrogen-bond donors (Lipinski definition) is 2. The zero-order valence-corrected chi connectivity index (χ0v) is 11.4. The summed E-state index contributed by atoms with van der Waals surface area (Å²) >= 11 is 0. The van der Waals surface area contributed by atoms with Crippen molar-refractivity contribution >= 4 is 11.7 Å². The molecule has 6 heteroatoms. The van der Waals surface area contributed by atoms with Crippen LogP contribution in [0.4, 0.5) is 5.82 Å². The maximum absolute atomic E-state index is 12.0. The Morgan fingerprint density at radius 1 is 1.50 bits per heavy atom. The number of amides is 1. The van der Waals surface area contributed by atoms with Gasteiger partial charge in [0.15, 0.2) is 5.82 Å². The second-order valence-corrected chi connectivity index (χ2v) is 5.35. The highest BCUT2D eigenvalue weighted by Crippen LogP contribution is 2.46. The van der Waals surface area contributed by atoms with Crippen molar-refractivity contribution in [3.8, 4) is 0 Å². The minimum absolute atomic E-state index is 0.216. The van der Waals surface area contributed by atoms with E-state index in [0.29, 0.717) is 23.2 Å². The summed E-state index contributed by atoms with van der Waals surface area (Å²) in [5.74, 6) is 1.36. The van der Waals surface area contributed by atoms with Gasteiger partial charge in [-0.15, -0.1) is 0 Å². The van der Waals surface area contributed by atoms with E-state index in [2.05, 4.69) is 22.4 Å². The summed E-state index contributed by atoms with van der Waals surface area (Å²) in [6.45, 7) is 2.18. The molecule has 1 amide bonds. The average molecular weight is 272 g/mol. The van der Waals surface area contributed by atoms with Crippen molar-refractivity contribution in [1.82, 2.24) is 14.8 Å². The number of carbonyl (C=O) groups excluding carboxylic acids is 1. The van der Waals surface area contributed by atoms with Crippen molar-refractivity contribution in [3.05, 3.63) is 46.0 Å². The van der Waals surface area contributed by atoms with E-state index in [1.807, 2.05) is 6.07 Å². The molecule has 3 rings (SSSR count). The van der Waals surface area contributed by atoms with Crippen LogP contribution in [0.15, 0.2) is 29.2 Å². The van der Waals surface area contributed by atoms with Crippen molar-refractivity contribution in [3.63, 3.8) is 0 Å². The molecule has 0 aliphatic heterocycles. The maximum Gasteiger partial charge on any atom is 0.257 e. The van der Waals surface area contributed by atoms with Crippen LogP contribution in [0.25, 0.3) is 0 Å². The highest BCUT2D eigenvalue weighted by Gasteiger charge is 2.35. The molecule has 0 aromatic carbocycles. The highest BCUT2D eigenvalue weighted by atomic mass is 16.2. The molecule has 0 unspecified atom stereocenters. The van der Waals surface area contributed by atoms with Crippen LogP contribution in [0.5, 0.6) is 0 Å². The van der Waals surface area contributed by atoms with Gasteiger partial charge in [0.25, 0.3) is 11.5 Å². The SMILES string of the molecule is C[C@@H]1C[C@@H]1c1cc(NC(=O)c2ccn(C)c(=O)c2)n[nH]1. The Balaban J connectivity index is 1.73. The molecule has 2 aromatic heterocycles. The smallest absolute Gasteiger partial charge is 0.257 e. The van der Waals surface area contributed by atoms with E-state index in [0.717, 1.165) is 12.1 Å². The lowest BCUT2D eigenvalue weighted by Crippen LogP contribution is -2.20. The summed E-state index contributed by atoms with van der Waals surface area (Å²) in [6.07, 6.45) is 2.73. The Morgan fingerprint density at radius 2 is 2.25 bits per heavy atom. The Hall–Kier alpha value is -2.37. The zero-order chi connectivity index (χ0) is 14.3. The van der Waals surface area contributed by atoms with Gasteiger partial charge in [-0.3, -0.25) is 14.7 Å². The van der Waals surface area contributed by atoms with Gasteiger partial charge in [0.1, 0.15) is 0 Å². The van der Waals surface area contributed by atoms with Gasteiger partial charge in [-0.25, -0.2) is 0 Å². The van der Waals surface area contributed by atoms with Crippen LogP contribution in [-0.4, -0.2) is 20.7 Å². The third kappa shape index (κ3) is 2.36. The number of hydrogen-bond acceptors (Lipinski definition) is 3. The van der Waals surface area contributed by atoms with Crippen LogP contribution >= 0.6 is 0 Å². The van der Waals surface area contributed by atoms with Crippen LogP contribution in [0, 0.1) is 5.92 Å². The van der Waals surface area contributed by atoms with E-state index in [1.54, 1.807) is 19.3 Å². The molecule has 2 heterocycles. The molecule has 2 N–H and O–H groups in total. The number of H-pyrrole nitrogens is 1. The fraction of sp³-hybridized carbons (Fsp3) is 0.357. The van der Waals surface area contributed by atoms with E-state index < -0.39 is 0 Å². The number of pyridine rings is 1. The van der Waals surface area contributed by atoms with Gasteiger partial charge in [-0.2, -0.15) is 5.10 Å². The lowest BCUT2D eigenvalue weighted by Gasteiger charge is -2.02. The lowest BCUT2D eigenvalue weighted by atomic mass is 10.2. The number of nitrogens with one attached hydrogen (secondary N) is 2. The summed E-state index contributed by atoms with van der Waals surface area (Å²) in [5, 5.41) is 9.72. The fourth-order valence-electron chi connectivity index (χ4n) is 2.22. The minimum Gasteiger partial charge on any atom is -0.319 e. The number of aromatic nitrogens is 3. The van der Waals surface area contributed by atoms with Gasteiger partial charge in [-0.1, -0.05) is 6.92 Å². The molecule has 1 fully saturated rings. The van der Waals surface area contributed by atoms with E-state index in [9.17, 15) is 9.59 Å². The van der Waals surface area contributed by atoms with Crippen molar-refractivity contribution in [2.24, 2.45) is 13.0 Å². The van der Waals surface area contributed by atoms with Gasteiger partial charge in [-0.05, 0) is 18.4 Å². The molecule has 2 atom stereocenters. The topological polar surface area (TPSA) is 79.8 Å². The van der Waals surface area contributed by atoms with E-state index in [4.69, 9.17) is 0 Å². The summed E-state index contributed by atoms with van der Waals surface area (Å²) in [5.41, 5.74) is 1.17. The third-order valence-electron chi connectivity index (χ3n) is 3.71. The third-order valence-corrected chi connectivity index (χ3v) is 3.71. The van der Waals surface area contributed by atoms with E-state index in [1.165, 1.54) is 10.6 Å². The molecule has 1 aliphatic rings. The van der Waals surface area contributed by atoms with Gasteiger partial charge < -0.3 is 9.88 Å². The molecule has 1 aliphatic carbocycles. The number of nitrogens with zero attached hydrogens (tertiary/aromatic N) is 2. The first-order valence-electron chi connectivity index (χ1n) is 6.58.